The van der Waals surface area contributed by atoms with Crippen LogP contribution >= 0.6 is 0 Å². The SMILES string of the molecule is O=C(C1CCCC1)N1CCc2cc(NS(=O)(=O)c3ccccc3F)ccc21. The molecule has 7 heteroatoms. The van der Waals surface area contributed by atoms with Crippen molar-refractivity contribution >= 4 is 27.3 Å². The Labute approximate surface area is 158 Å². The van der Waals surface area contributed by atoms with Crippen molar-refractivity contribution in [3.63, 3.8) is 0 Å². The topological polar surface area (TPSA) is 66.5 Å². The number of rotatable bonds is 4. The maximum Gasteiger partial charge on any atom is 0.264 e. The summed E-state index contributed by atoms with van der Waals surface area (Å²) in [6.07, 6.45) is 4.79. The molecule has 2 aromatic carbocycles. The van der Waals surface area contributed by atoms with Gasteiger partial charge in [0.15, 0.2) is 0 Å². The average molecular weight is 388 g/mol. The zero-order valence-electron chi connectivity index (χ0n) is 14.8. The normalized spacial score (nSPS) is 17.1. The zero-order valence-corrected chi connectivity index (χ0v) is 15.6. The first-order chi connectivity index (χ1) is 13.0. The van der Waals surface area contributed by atoms with E-state index in [4.69, 9.17) is 0 Å². The van der Waals surface area contributed by atoms with E-state index in [1.165, 1.54) is 18.2 Å². The van der Waals surface area contributed by atoms with Crippen molar-refractivity contribution in [1.29, 1.82) is 0 Å². The Morgan fingerprint density at radius 3 is 2.59 bits per heavy atom. The van der Waals surface area contributed by atoms with E-state index in [1.807, 2.05) is 4.90 Å². The van der Waals surface area contributed by atoms with Crippen LogP contribution in [0.1, 0.15) is 31.2 Å². The number of benzene rings is 2. The summed E-state index contributed by atoms with van der Waals surface area (Å²) in [5, 5.41) is 0. The van der Waals surface area contributed by atoms with Crippen LogP contribution < -0.4 is 9.62 Å². The van der Waals surface area contributed by atoms with Crippen LogP contribution in [0.5, 0.6) is 0 Å². The van der Waals surface area contributed by atoms with E-state index in [2.05, 4.69) is 4.72 Å². The third kappa shape index (κ3) is 3.43. The Bertz CT molecular complexity index is 984. The maximum absolute atomic E-state index is 13.8. The number of nitrogens with one attached hydrogen (secondary N) is 1. The lowest BCUT2D eigenvalue weighted by Gasteiger charge is -2.21. The van der Waals surface area contributed by atoms with Crippen LogP contribution in [0.2, 0.25) is 0 Å². The summed E-state index contributed by atoms with van der Waals surface area (Å²) in [4.78, 5) is 14.2. The summed E-state index contributed by atoms with van der Waals surface area (Å²) < 4.78 is 41.2. The van der Waals surface area contributed by atoms with E-state index < -0.39 is 15.8 Å². The molecule has 1 fully saturated rings. The number of halogens is 1. The zero-order chi connectivity index (χ0) is 19.0. The molecule has 2 aromatic rings. The lowest BCUT2D eigenvalue weighted by atomic mass is 10.1. The monoisotopic (exact) mass is 388 g/mol. The number of amides is 1. The quantitative estimate of drug-likeness (QED) is 0.868. The Morgan fingerprint density at radius 2 is 1.85 bits per heavy atom. The first-order valence-corrected chi connectivity index (χ1v) is 10.7. The molecule has 1 N–H and O–H groups in total. The van der Waals surface area contributed by atoms with E-state index in [-0.39, 0.29) is 16.7 Å². The molecule has 142 valence electrons. The van der Waals surface area contributed by atoms with Crippen molar-refractivity contribution in [3.8, 4) is 0 Å². The molecule has 0 atom stereocenters. The Balaban J connectivity index is 1.56. The summed E-state index contributed by atoms with van der Waals surface area (Å²) in [6.45, 7) is 0.619. The lowest BCUT2D eigenvalue weighted by Crippen LogP contribution is -2.33. The van der Waals surface area contributed by atoms with E-state index in [0.29, 0.717) is 18.7 Å². The number of sulfonamides is 1. The molecule has 4 rings (SSSR count). The lowest BCUT2D eigenvalue weighted by molar-refractivity contribution is -0.122. The van der Waals surface area contributed by atoms with Crippen molar-refractivity contribution in [2.75, 3.05) is 16.2 Å². The van der Waals surface area contributed by atoms with Gasteiger partial charge in [-0.05, 0) is 55.2 Å². The van der Waals surface area contributed by atoms with Gasteiger partial charge in [-0.1, -0.05) is 25.0 Å². The molecule has 0 radical (unpaired) electrons. The highest BCUT2D eigenvalue weighted by atomic mass is 32.2. The van der Waals surface area contributed by atoms with Crippen molar-refractivity contribution < 1.29 is 17.6 Å². The summed E-state index contributed by atoms with van der Waals surface area (Å²) in [6, 6.07) is 10.4. The number of fused-ring (bicyclic) bond motifs is 1. The molecule has 1 aliphatic carbocycles. The van der Waals surface area contributed by atoms with Crippen LogP contribution in [-0.4, -0.2) is 20.9 Å². The minimum atomic E-state index is -4.01. The third-order valence-corrected chi connectivity index (χ3v) is 6.74. The van der Waals surface area contributed by atoms with Gasteiger partial charge < -0.3 is 4.90 Å². The fourth-order valence-electron chi connectivity index (χ4n) is 3.96. The molecule has 2 aliphatic rings. The van der Waals surface area contributed by atoms with E-state index in [9.17, 15) is 17.6 Å². The molecule has 0 bridgehead atoms. The molecule has 0 aromatic heterocycles. The number of anilines is 2. The van der Waals surface area contributed by atoms with Crippen molar-refractivity contribution in [3.05, 3.63) is 53.8 Å². The van der Waals surface area contributed by atoms with Crippen molar-refractivity contribution in [2.45, 2.75) is 37.0 Å². The van der Waals surface area contributed by atoms with E-state index in [0.717, 1.165) is 43.0 Å². The Kier molecular flexibility index (Phi) is 4.63. The molecule has 5 nitrogen and oxygen atoms in total. The predicted molar refractivity (Wildman–Crippen MR) is 102 cm³/mol. The van der Waals surface area contributed by atoms with Gasteiger partial charge in [0.25, 0.3) is 10.0 Å². The maximum atomic E-state index is 13.8. The number of hydrogen-bond donors (Lipinski definition) is 1. The first kappa shape index (κ1) is 18.0. The van der Waals surface area contributed by atoms with Crippen LogP contribution in [0.25, 0.3) is 0 Å². The van der Waals surface area contributed by atoms with Gasteiger partial charge in [-0.25, -0.2) is 12.8 Å². The fourth-order valence-corrected chi connectivity index (χ4v) is 5.09. The smallest absolute Gasteiger partial charge is 0.264 e. The van der Waals surface area contributed by atoms with Crippen molar-refractivity contribution in [1.82, 2.24) is 0 Å². The van der Waals surface area contributed by atoms with E-state index in [1.54, 1.807) is 18.2 Å². The second kappa shape index (κ2) is 6.96. The van der Waals surface area contributed by atoms with Crippen LogP contribution in [0.15, 0.2) is 47.4 Å². The van der Waals surface area contributed by atoms with Gasteiger partial charge >= 0.3 is 0 Å². The highest BCUT2D eigenvalue weighted by molar-refractivity contribution is 7.92. The van der Waals surface area contributed by atoms with Crippen LogP contribution in [-0.2, 0) is 21.2 Å². The molecule has 27 heavy (non-hydrogen) atoms. The number of carbonyl (C=O) groups is 1. The minimum absolute atomic E-state index is 0.107. The summed E-state index contributed by atoms with van der Waals surface area (Å²) >= 11 is 0. The minimum Gasteiger partial charge on any atom is -0.312 e. The summed E-state index contributed by atoms with van der Waals surface area (Å²) in [5.74, 6) is -0.513. The predicted octanol–water partition coefficient (Wildman–Crippen LogP) is 3.71. The van der Waals surface area contributed by atoms with Crippen molar-refractivity contribution in [2.24, 2.45) is 5.92 Å². The number of carbonyl (C=O) groups excluding carboxylic acids is 1. The van der Waals surface area contributed by atoms with Gasteiger partial charge in [0.2, 0.25) is 5.91 Å². The Hall–Kier alpha value is -2.41. The third-order valence-electron chi connectivity index (χ3n) is 5.32. The molecule has 0 spiro atoms. The second-order valence-corrected chi connectivity index (χ2v) is 8.75. The first-order valence-electron chi connectivity index (χ1n) is 9.17. The molecular formula is C20H21FN2O3S. The second-order valence-electron chi connectivity index (χ2n) is 7.10. The molecule has 0 unspecified atom stereocenters. The molecule has 1 heterocycles. The van der Waals surface area contributed by atoms with E-state index >= 15 is 0 Å². The van der Waals surface area contributed by atoms with Gasteiger partial charge in [-0.3, -0.25) is 9.52 Å². The van der Waals surface area contributed by atoms with Crippen LogP contribution in [0, 0.1) is 11.7 Å². The standard InChI is InChI=1S/C20H21FN2O3S/c21-17-7-3-4-8-19(17)27(25,26)22-16-9-10-18-15(13-16)11-12-23(18)20(24)14-5-1-2-6-14/h3-4,7-10,13-14,22H,1-2,5-6,11-12H2. The van der Waals surface area contributed by atoms with Gasteiger partial charge in [-0.2, -0.15) is 0 Å². The fraction of sp³-hybridized carbons (Fsp3) is 0.350. The molecule has 1 saturated carbocycles. The molecule has 1 amide bonds. The van der Waals surface area contributed by atoms with Gasteiger partial charge in [-0.15, -0.1) is 0 Å². The number of hydrogen-bond acceptors (Lipinski definition) is 3. The Morgan fingerprint density at radius 1 is 1.11 bits per heavy atom. The summed E-state index contributed by atoms with van der Waals surface area (Å²) in [5.41, 5.74) is 2.14. The van der Waals surface area contributed by atoms with Crippen LogP contribution in [0.4, 0.5) is 15.8 Å². The summed E-state index contributed by atoms with van der Waals surface area (Å²) in [7, 11) is -4.01. The molecular weight excluding hydrogens is 367 g/mol. The highest BCUT2D eigenvalue weighted by Crippen LogP contribution is 2.35. The molecule has 0 saturated heterocycles. The van der Waals surface area contributed by atoms with Gasteiger partial charge in [0, 0.05) is 23.8 Å². The van der Waals surface area contributed by atoms with Gasteiger partial charge in [0.1, 0.15) is 10.7 Å². The largest absolute Gasteiger partial charge is 0.312 e. The van der Waals surface area contributed by atoms with Crippen LogP contribution in [0.3, 0.4) is 0 Å². The molecule has 1 aliphatic heterocycles. The average Bonchev–Trinajstić information content (AvgIpc) is 3.31. The number of nitrogens with zero attached hydrogens (tertiary/aromatic N) is 1. The van der Waals surface area contributed by atoms with Gasteiger partial charge in [0.05, 0.1) is 0 Å². The highest BCUT2D eigenvalue weighted by Gasteiger charge is 2.32.